The molecule has 5 nitrogen and oxygen atoms in total. The van der Waals surface area contributed by atoms with Crippen molar-refractivity contribution in [3.8, 4) is 0 Å². The number of aromatic carboxylic acids is 1. The standard InChI is InChI=1S/C13H17BrN2O3/c1-3-15-12(17)8-16(4-2)11-6-5-9(14)7-10(11)13(18)19/h5-7H,3-4,8H2,1-2H3,(H,15,17)(H,18,19). The van der Waals surface area contributed by atoms with Crippen molar-refractivity contribution in [3.05, 3.63) is 28.2 Å². The first-order valence-corrected chi connectivity index (χ1v) is 6.83. The van der Waals surface area contributed by atoms with Crippen molar-refractivity contribution in [1.29, 1.82) is 0 Å². The van der Waals surface area contributed by atoms with Gasteiger partial charge in [-0.3, -0.25) is 4.79 Å². The number of hydrogen-bond acceptors (Lipinski definition) is 3. The Morgan fingerprint density at radius 3 is 2.58 bits per heavy atom. The average molecular weight is 329 g/mol. The predicted octanol–water partition coefficient (Wildman–Crippen LogP) is 2.11. The van der Waals surface area contributed by atoms with E-state index in [1.54, 1.807) is 17.0 Å². The average Bonchev–Trinajstić information content (AvgIpc) is 2.36. The highest BCUT2D eigenvalue weighted by atomic mass is 79.9. The second kappa shape index (κ2) is 7.13. The van der Waals surface area contributed by atoms with Crippen LogP contribution in [0.15, 0.2) is 22.7 Å². The molecule has 0 unspecified atom stereocenters. The lowest BCUT2D eigenvalue weighted by Gasteiger charge is -2.24. The Bertz CT molecular complexity index is 477. The fourth-order valence-electron chi connectivity index (χ4n) is 1.75. The maximum atomic E-state index is 11.6. The van der Waals surface area contributed by atoms with Crippen LogP contribution in [0.2, 0.25) is 0 Å². The second-order valence-electron chi connectivity index (χ2n) is 3.93. The van der Waals surface area contributed by atoms with E-state index in [-0.39, 0.29) is 18.0 Å². The van der Waals surface area contributed by atoms with Crippen molar-refractivity contribution in [2.75, 3.05) is 24.5 Å². The van der Waals surface area contributed by atoms with Crippen LogP contribution in [-0.4, -0.2) is 36.6 Å². The second-order valence-corrected chi connectivity index (χ2v) is 4.85. The van der Waals surface area contributed by atoms with Gasteiger partial charge < -0.3 is 15.3 Å². The SMILES string of the molecule is CCNC(=O)CN(CC)c1ccc(Br)cc1C(=O)O. The molecule has 104 valence electrons. The van der Waals surface area contributed by atoms with Gasteiger partial charge in [0.05, 0.1) is 17.8 Å². The number of carboxylic acid groups (broad SMARTS) is 1. The van der Waals surface area contributed by atoms with E-state index in [9.17, 15) is 14.7 Å². The van der Waals surface area contributed by atoms with Gasteiger partial charge in [-0.1, -0.05) is 15.9 Å². The van der Waals surface area contributed by atoms with Crippen molar-refractivity contribution in [3.63, 3.8) is 0 Å². The van der Waals surface area contributed by atoms with E-state index in [2.05, 4.69) is 21.2 Å². The molecule has 0 saturated carbocycles. The van der Waals surface area contributed by atoms with Gasteiger partial charge >= 0.3 is 5.97 Å². The molecule has 0 atom stereocenters. The van der Waals surface area contributed by atoms with Crippen LogP contribution >= 0.6 is 15.9 Å². The highest BCUT2D eigenvalue weighted by molar-refractivity contribution is 9.10. The Morgan fingerprint density at radius 2 is 2.05 bits per heavy atom. The van der Waals surface area contributed by atoms with Gasteiger partial charge in [-0.25, -0.2) is 4.79 Å². The number of carbonyl (C=O) groups is 2. The molecule has 0 aliphatic heterocycles. The predicted molar refractivity (Wildman–Crippen MR) is 77.7 cm³/mol. The van der Waals surface area contributed by atoms with Crippen LogP contribution in [0, 0.1) is 0 Å². The highest BCUT2D eigenvalue weighted by Gasteiger charge is 2.17. The van der Waals surface area contributed by atoms with E-state index in [1.807, 2.05) is 13.8 Å². The zero-order valence-corrected chi connectivity index (χ0v) is 12.5. The lowest BCUT2D eigenvalue weighted by Crippen LogP contribution is -2.37. The molecule has 0 spiro atoms. The molecule has 1 amide bonds. The summed E-state index contributed by atoms with van der Waals surface area (Å²) >= 11 is 3.25. The van der Waals surface area contributed by atoms with Crippen molar-refractivity contribution in [1.82, 2.24) is 5.32 Å². The minimum absolute atomic E-state index is 0.122. The molecule has 1 aromatic rings. The Labute approximate surface area is 120 Å². The lowest BCUT2D eigenvalue weighted by molar-refractivity contribution is -0.119. The number of amides is 1. The highest BCUT2D eigenvalue weighted by Crippen LogP contribution is 2.24. The number of hydrogen-bond donors (Lipinski definition) is 2. The van der Waals surface area contributed by atoms with Gasteiger partial charge in [-0.15, -0.1) is 0 Å². The van der Waals surface area contributed by atoms with Crippen molar-refractivity contribution in [2.24, 2.45) is 0 Å². The van der Waals surface area contributed by atoms with Crippen molar-refractivity contribution in [2.45, 2.75) is 13.8 Å². The molecular weight excluding hydrogens is 312 g/mol. The number of carbonyl (C=O) groups excluding carboxylic acids is 1. The molecule has 0 aliphatic carbocycles. The maximum absolute atomic E-state index is 11.6. The van der Waals surface area contributed by atoms with Crippen LogP contribution in [-0.2, 0) is 4.79 Å². The number of nitrogens with one attached hydrogen (secondary N) is 1. The van der Waals surface area contributed by atoms with Gasteiger partial charge in [0.1, 0.15) is 0 Å². The zero-order chi connectivity index (χ0) is 14.4. The lowest BCUT2D eigenvalue weighted by atomic mass is 10.1. The largest absolute Gasteiger partial charge is 0.478 e. The molecule has 19 heavy (non-hydrogen) atoms. The van der Waals surface area contributed by atoms with Crippen LogP contribution < -0.4 is 10.2 Å². The van der Waals surface area contributed by atoms with Crippen LogP contribution in [0.4, 0.5) is 5.69 Å². The molecule has 6 heteroatoms. The number of carboxylic acids is 1. The first-order chi connectivity index (χ1) is 8.99. The summed E-state index contributed by atoms with van der Waals surface area (Å²) < 4.78 is 0.697. The summed E-state index contributed by atoms with van der Waals surface area (Å²) in [6, 6.07) is 5.01. The number of anilines is 1. The summed E-state index contributed by atoms with van der Waals surface area (Å²) in [6.45, 7) is 4.98. The Kier molecular flexibility index (Phi) is 5.82. The molecule has 0 bridgehead atoms. The Balaban J connectivity index is 3.04. The van der Waals surface area contributed by atoms with Crippen LogP contribution in [0.25, 0.3) is 0 Å². The maximum Gasteiger partial charge on any atom is 0.337 e. The zero-order valence-electron chi connectivity index (χ0n) is 10.9. The Morgan fingerprint density at radius 1 is 1.37 bits per heavy atom. The molecule has 2 N–H and O–H groups in total. The summed E-state index contributed by atoms with van der Waals surface area (Å²) in [5.74, 6) is -1.13. The topological polar surface area (TPSA) is 69.6 Å². The van der Waals surface area contributed by atoms with E-state index in [4.69, 9.17) is 0 Å². The monoisotopic (exact) mass is 328 g/mol. The molecule has 0 aliphatic rings. The fraction of sp³-hybridized carbons (Fsp3) is 0.385. The number of rotatable bonds is 6. The van der Waals surface area contributed by atoms with Gasteiger partial charge in [-0.2, -0.15) is 0 Å². The molecule has 0 saturated heterocycles. The first-order valence-electron chi connectivity index (χ1n) is 6.04. The number of halogens is 1. The number of likely N-dealkylation sites (N-methyl/N-ethyl adjacent to an activating group) is 2. The van der Waals surface area contributed by atoms with Gasteiger partial charge in [-0.05, 0) is 32.0 Å². The normalized spacial score (nSPS) is 10.1. The molecule has 0 radical (unpaired) electrons. The van der Waals surface area contributed by atoms with E-state index < -0.39 is 5.97 Å². The third kappa shape index (κ3) is 4.24. The fourth-order valence-corrected chi connectivity index (χ4v) is 2.11. The minimum Gasteiger partial charge on any atom is -0.478 e. The molecule has 1 aromatic carbocycles. The molecule has 0 heterocycles. The summed E-state index contributed by atoms with van der Waals surface area (Å²) in [6.07, 6.45) is 0. The summed E-state index contributed by atoms with van der Waals surface area (Å²) in [5, 5.41) is 11.9. The van der Waals surface area contributed by atoms with E-state index >= 15 is 0 Å². The van der Waals surface area contributed by atoms with Crippen molar-refractivity contribution < 1.29 is 14.7 Å². The van der Waals surface area contributed by atoms with Gasteiger partial charge in [0.2, 0.25) is 5.91 Å². The van der Waals surface area contributed by atoms with Crippen LogP contribution in [0.3, 0.4) is 0 Å². The van der Waals surface area contributed by atoms with Crippen molar-refractivity contribution >= 4 is 33.5 Å². The summed E-state index contributed by atoms with van der Waals surface area (Å²) in [7, 11) is 0. The van der Waals surface area contributed by atoms with Gasteiger partial charge in [0.15, 0.2) is 0 Å². The molecule has 0 aromatic heterocycles. The quantitative estimate of drug-likeness (QED) is 0.839. The van der Waals surface area contributed by atoms with Gasteiger partial charge in [0.25, 0.3) is 0 Å². The van der Waals surface area contributed by atoms with E-state index in [0.717, 1.165) is 0 Å². The van der Waals surface area contributed by atoms with Gasteiger partial charge in [0, 0.05) is 17.6 Å². The van der Waals surface area contributed by atoms with E-state index in [1.165, 1.54) is 6.07 Å². The third-order valence-corrected chi connectivity index (χ3v) is 3.11. The first kappa shape index (κ1) is 15.5. The molecule has 0 fully saturated rings. The summed E-state index contributed by atoms with van der Waals surface area (Å²) in [5.41, 5.74) is 0.727. The molecular formula is C13H17BrN2O3. The van der Waals surface area contributed by atoms with Crippen LogP contribution in [0.1, 0.15) is 24.2 Å². The summed E-state index contributed by atoms with van der Waals surface area (Å²) in [4.78, 5) is 24.6. The Hall–Kier alpha value is -1.56. The van der Waals surface area contributed by atoms with E-state index in [0.29, 0.717) is 23.2 Å². The number of nitrogens with zero attached hydrogens (tertiary/aromatic N) is 1. The minimum atomic E-state index is -1.01. The third-order valence-electron chi connectivity index (χ3n) is 2.62. The van der Waals surface area contributed by atoms with Crippen LogP contribution in [0.5, 0.6) is 0 Å². The molecule has 1 rings (SSSR count). The smallest absolute Gasteiger partial charge is 0.337 e. The number of benzene rings is 1.